The topological polar surface area (TPSA) is 50.4 Å². The average molecular weight is 206 g/mol. The fourth-order valence-corrected chi connectivity index (χ4v) is 1.55. The summed E-state index contributed by atoms with van der Waals surface area (Å²) in [6.07, 6.45) is -0.431. The Morgan fingerprint density at radius 1 is 1.60 bits per heavy atom. The molecule has 0 fully saturated rings. The van der Waals surface area contributed by atoms with Gasteiger partial charge in [-0.05, 0) is 19.1 Å². The van der Waals surface area contributed by atoms with E-state index in [1.165, 1.54) is 0 Å². The number of benzene rings is 1. The standard InChI is InChI=1S/C11H14N2O2/c1-2-12-11(14)10-7-13-8-5-3-4-6-9(8)15-10/h3-6,10,13H,2,7H2,1H3,(H,12,14)/t10-/m1/s1. The van der Waals surface area contributed by atoms with E-state index in [0.717, 1.165) is 11.4 Å². The molecule has 1 aromatic rings. The first-order chi connectivity index (χ1) is 7.31. The quantitative estimate of drug-likeness (QED) is 0.758. The zero-order valence-electron chi connectivity index (χ0n) is 8.62. The molecule has 0 radical (unpaired) electrons. The Morgan fingerprint density at radius 2 is 2.40 bits per heavy atom. The van der Waals surface area contributed by atoms with Gasteiger partial charge in [0, 0.05) is 6.54 Å². The minimum atomic E-state index is -0.431. The van der Waals surface area contributed by atoms with Crippen molar-refractivity contribution in [1.82, 2.24) is 5.32 Å². The third kappa shape index (κ3) is 2.03. The van der Waals surface area contributed by atoms with Crippen LogP contribution in [0.15, 0.2) is 24.3 Å². The summed E-state index contributed by atoms with van der Waals surface area (Å²) in [5.74, 6) is 0.666. The fourth-order valence-electron chi connectivity index (χ4n) is 1.55. The first-order valence-corrected chi connectivity index (χ1v) is 5.08. The van der Waals surface area contributed by atoms with Gasteiger partial charge in [-0.25, -0.2) is 0 Å². The maximum absolute atomic E-state index is 11.5. The monoisotopic (exact) mass is 206 g/mol. The number of amides is 1. The lowest BCUT2D eigenvalue weighted by Gasteiger charge is -2.26. The zero-order valence-corrected chi connectivity index (χ0v) is 8.62. The third-order valence-corrected chi connectivity index (χ3v) is 2.28. The average Bonchev–Trinajstić information content (AvgIpc) is 2.29. The van der Waals surface area contributed by atoms with Crippen LogP contribution in [0.25, 0.3) is 0 Å². The normalized spacial score (nSPS) is 18.3. The highest BCUT2D eigenvalue weighted by Crippen LogP contribution is 2.27. The van der Waals surface area contributed by atoms with Crippen LogP contribution in [0, 0.1) is 0 Å². The summed E-state index contributed by atoms with van der Waals surface area (Å²) >= 11 is 0. The maximum Gasteiger partial charge on any atom is 0.262 e. The molecule has 0 unspecified atom stereocenters. The Bertz CT molecular complexity index is 365. The van der Waals surface area contributed by atoms with Crippen molar-refractivity contribution in [3.05, 3.63) is 24.3 Å². The highest BCUT2D eigenvalue weighted by Gasteiger charge is 2.24. The minimum absolute atomic E-state index is 0.0699. The predicted molar refractivity (Wildman–Crippen MR) is 58.0 cm³/mol. The molecule has 1 aliphatic heterocycles. The number of nitrogens with one attached hydrogen (secondary N) is 2. The molecular formula is C11H14N2O2. The van der Waals surface area contributed by atoms with Crippen molar-refractivity contribution < 1.29 is 9.53 Å². The van der Waals surface area contributed by atoms with E-state index in [0.29, 0.717) is 13.1 Å². The number of carbonyl (C=O) groups is 1. The van der Waals surface area contributed by atoms with Crippen molar-refractivity contribution in [2.75, 3.05) is 18.4 Å². The molecule has 1 aliphatic rings. The summed E-state index contributed by atoms with van der Waals surface area (Å²) in [6, 6.07) is 7.61. The van der Waals surface area contributed by atoms with Crippen LogP contribution in [0.1, 0.15) is 6.92 Å². The Balaban J connectivity index is 2.08. The fraction of sp³-hybridized carbons (Fsp3) is 0.364. The Hall–Kier alpha value is -1.71. The minimum Gasteiger partial charge on any atom is -0.477 e. The van der Waals surface area contributed by atoms with Gasteiger partial charge >= 0.3 is 0 Å². The first-order valence-electron chi connectivity index (χ1n) is 5.08. The van der Waals surface area contributed by atoms with Gasteiger partial charge in [-0.15, -0.1) is 0 Å². The van der Waals surface area contributed by atoms with E-state index in [2.05, 4.69) is 10.6 Å². The van der Waals surface area contributed by atoms with E-state index >= 15 is 0 Å². The van der Waals surface area contributed by atoms with Gasteiger partial charge < -0.3 is 15.4 Å². The second-order valence-electron chi connectivity index (χ2n) is 3.38. The maximum atomic E-state index is 11.5. The molecule has 1 heterocycles. The molecule has 2 rings (SSSR count). The van der Waals surface area contributed by atoms with E-state index in [1.54, 1.807) is 0 Å². The molecule has 4 heteroatoms. The van der Waals surface area contributed by atoms with Crippen LogP contribution in [0.4, 0.5) is 5.69 Å². The van der Waals surface area contributed by atoms with Crippen molar-refractivity contribution in [3.63, 3.8) is 0 Å². The van der Waals surface area contributed by atoms with Gasteiger partial charge in [-0.1, -0.05) is 12.1 Å². The molecule has 4 nitrogen and oxygen atoms in total. The van der Waals surface area contributed by atoms with E-state index < -0.39 is 6.10 Å². The molecule has 1 amide bonds. The molecule has 2 N–H and O–H groups in total. The number of hydrogen-bond donors (Lipinski definition) is 2. The summed E-state index contributed by atoms with van der Waals surface area (Å²) < 4.78 is 5.57. The third-order valence-electron chi connectivity index (χ3n) is 2.28. The second-order valence-corrected chi connectivity index (χ2v) is 3.38. The van der Waals surface area contributed by atoms with Crippen LogP contribution >= 0.6 is 0 Å². The number of fused-ring (bicyclic) bond motifs is 1. The molecule has 80 valence electrons. The van der Waals surface area contributed by atoms with Crippen molar-refractivity contribution >= 4 is 11.6 Å². The number of rotatable bonds is 2. The van der Waals surface area contributed by atoms with Crippen molar-refractivity contribution in [2.45, 2.75) is 13.0 Å². The van der Waals surface area contributed by atoms with Gasteiger partial charge in [-0.3, -0.25) is 4.79 Å². The number of anilines is 1. The Morgan fingerprint density at radius 3 is 3.20 bits per heavy atom. The summed E-state index contributed by atoms with van der Waals surface area (Å²) in [6.45, 7) is 3.03. The lowest BCUT2D eigenvalue weighted by molar-refractivity contribution is -0.127. The Kier molecular flexibility index (Phi) is 2.76. The lowest BCUT2D eigenvalue weighted by atomic mass is 10.2. The largest absolute Gasteiger partial charge is 0.477 e. The predicted octanol–water partition coefficient (Wildman–Crippen LogP) is 0.996. The van der Waals surface area contributed by atoms with Crippen molar-refractivity contribution in [2.24, 2.45) is 0 Å². The van der Waals surface area contributed by atoms with Crippen LogP contribution in [0.2, 0.25) is 0 Å². The SMILES string of the molecule is CCNC(=O)[C@H]1CNc2ccccc2O1. The van der Waals surface area contributed by atoms with Crippen LogP contribution < -0.4 is 15.4 Å². The summed E-state index contributed by atoms with van der Waals surface area (Å²) in [7, 11) is 0. The zero-order chi connectivity index (χ0) is 10.7. The summed E-state index contributed by atoms with van der Waals surface area (Å²) in [5.41, 5.74) is 0.943. The van der Waals surface area contributed by atoms with E-state index in [-0.39, 0.29) is 5.91 Å². The summed E-state index contributed by atoms with van der Waals surface area (Å²) in [4.78, 5) is 11.5. The van der Waals surface area contributed by atoms with Crippen LogP contribution in [-0.4, -0.2) is 25.1 Å². The van der Waals surface area contributed by atoms with Crippen molar-refractivity contribution in [1.29, 1.82) is 0 Å². The van der Waals surface area contributed by atoms with Crippen molar-refractivity contribution in [3.8, 4) is 5.75 Å². The number of ether oxygens (including phenoxy) is 1. The number of carbonyl (C=O) groups excluding carboxylic acids is 1. The van der Waals surface area contributed by atoms with Crippen LogP contribution in [0.3, 0.4) is 0 Å². The van der Waals surface area contributed by atoms with E-state index in [9.17, 15) is 4.79 Å². The number of hydrogen-bond acceptors (Lipinski definition) is 3. The molecule has 0 bridgehead atoms. The van der Waals surface area contributed by atoms with Crippen LogP contribution in [-0.2, 0) is 4.79 Å². The molecule has 0 aliphatic carbocycles. The smallest absolute Gasteiger partial charge is 0.262 e. The van der Waals surface area contributed by atoms with Gasteiger partial charge in [0.2, 0.25) is 0 Å². The Labute approximate surface area is 88.6 Å². The molecule has 0 saturated heterocycles. The molecular weight excluding hydrogens is 192 g/mol. The van der Waals surface area contributed by atoms with Gasteiger partial charge in [0.1, 0.15) is 5.75 Å². The highest BCUT2D eigenvalue weighted by molar-refractivity contribution is 5.82. The second kappa shape index (κ2) is 4.21. The van der Waals surface area contributed by atoms with Gasteiger partial charge in [0.05, 0.1) is 12.2 Å². The van der Waals surface area contributed by atoms with E-state index in [4.69, 9.17) is 4.74 Å². The molecule has 1 atom stereocenters. The highest BCUT2D eigenvalue weighted by atomic mass is 16.5. The van der Waals surface area contributed by atoms with Gasteiger partial charge in [-0.2, -0.15) is 0 Å². The van der Waals surface area contributed by atoms with Gasteiger partial charge in [0.15, 0.2) is 6.10 Å². The molecule has 1 aromatic carbocycles. The molecule has 15 heavy (non-hydrogen) atoms. The number of para-hydroxylation sites is 2. The molecule has 0 spiro atoms. The van der Waals surface area contributed by atoms with E-state index in [1.807, 2.05) is 31.2 Å². The van der Waals surface area contributed by atoms with Gasteiger partial charge in [0.25, 0.3) is 5.91 Å². The molecule has 0 aromatic heterocycles. The summed E-state index contributed by atoms with van der Waals surface area (Å²) in [5, 5.41) is 5.91. The van der Waals surface area contributed by atoms with Crippen LogP contribution in [0.5, 0.6) is 5.75 Å². The number of likely N-dealkylation sites (N-methyl/N-ethyl adjacent to an activating group) is 1. The molecule has 0 saturated carbocycles. The lowest BCUT2D eigenvalue weighted by Crippen LogP contribution is -2.44. The first kappa shape index (κ1) is 9.83.